The summed E-state index contributed by atoms with van der Waals surface area (Å²) in [7, 11) is 0. The van der Waals surface area contributed by atoms with E-state index in [9.17, 15) is 9.59 Å². The summed E-state index contributed by atoms with van der Waals surface area (Å²) in [4.78, 5) is 33.5. The van der Waals surface area contributed by atoms with Crippen molar-refractivity contribution in [1.29, 1.82) is 0 Å². The Labute approximate surface area is 176 Å². The number of aromatic nitrogens is 2. The summed E-state index contributed by atoms with van der Waals surface area (Å²) in [6.45, 7) is 0. The number of thiazole rings is 1. The van der Waals surface area contributed by atoms with Gasteiger partial charge in [-0.2, -0.15) is 0 Å². The van der Waals surface area contributed by atoms with Crippen LogP contribution in [-0.4, -0.2) is 21.8 Å². The predicted molar refractivity (Wildman–Crippen MR) is 113 cm³/mol. The van der Waals surface area contributed by atoms with Crippen molar-refractivity contribution in [3.8, 4) is 0 Å². The summed E-state index contributed by atoms with van der Waals surface area (Å²) in [5.41, 5.74) is 2.26. The van der Waals surface area contributed by atoms with E-state index in [0.717, 1.165) is 11.3 Å². The number of carbonyl (C=O) groups is 2. The molecule has 30 heavy (non-hydrogen) atoms. The molecule has 0 saturated heterocycles. The monoisotopic (exact) mass is 418 g/mol. The Morgan fingerprint density at radius 3 is 2.60 bits per heavy atom. The molecule has 3 heterocycles. The number of amides is 2. The maximum absolute atomic E-state index is 12.7. The summed E-state index contributed by atoms with van der Waals surface area (Å²) in [5, 5.41) is 7.85. The third-order valence-electron chi connectivity index (χ3n) is 4.28. The van der Waals surface area contributed by atoms with Gasteiger partial charge in [0, 0.05) is 11.6 Å². The molecule has 0 bridgehead atoms. The Morgan fingerprint density at radius 2 is 1.87 bits per heavy atom. The van der Waals surface area contributed by atoms with Gasteiger partial charge in [-0.25, -0.2) is 4.98 Å². The molecule has 0 saturated carbocycles. The number of hydrogen-bond acceptors (Lipinski definition) is 6. The third-order valence-corrected chi connectivity index (χ3v) is 5.09. The van der Waals surface area contributed by atoms with E-state index in [2.05, 4.69) is 20.6 Å². The average molecular weight is 418 g/mol. The minimum absolute atomic E-state index is 0.0866. The molecular formula is C22H18N4O3S. The fourth-order valence-electron chi connectivity index (χ4n) is 2.91. The van der Waals surface area contributed by atoms with E-state index < -0.39 is 0 Å². The maximum Gasteiger partial charge on any atom is 0.293 e. The summed E-state index contributed by atoms with van der Waals surface area (Å²) in [5.74, 6) is -0.376. The first-order chi connectivity index (χ1) is 14.7. The Kier molecular flexibility index (Phi) is 5.95. The molecule has 4 aromatic rings. The highest BCUT2D eigenvalue weighted by atomic mass is 32.1. The Bertz CT molecular complexity index is 1070. The van der Waals surface area contributed by atoms with Gasteiger partial charge in [0.2, 0.25) is 5.91 Å². The fraction of sp³-hybridized carbons (Fsp3) is 0.0909. The summed E-state index contributed by atoms with van der Waals surface area (Å²) in [6.07, 6.45) is 3.21. The van der Waals surface area contributed by atoms with Crippen molar-refractivity contribution in [1.82, 2.24) is 15.3 Å². The molecule has 0 aliphatic carbocycles. The number of nitrogens with one attached hydrogen (secondary N) is 2. The van der Waals surface area contributed by atoms with Gasteiger partial charge in [0.1, 0.15) is 0 Å². The average Bonchev–Trinajstić information content (AvgIpc) is 3.46. The number of hydrogen-bond donors (Lipinski definition) is 2. The largest absolute Gasteiger partial charge is 0.459 e. The van der Waals surface area contributed by atoms with E-state index in [0.29, 0.717) is 10.8 Å². The molecule has 2 amide bonds. The number of nitrogens with zero attached hydrogens (tertiary/aromatic N) is 2. The van der Waals surface area contributed by atoms with Crippen LogP contribution in [0.25, 0.3) is 0 Å². The molecule has 0 spiro atoms. The number of furan rings is 1. The van der Waals surface area contributed by atoms with Crippen LogP contribution in [0.3, 0.4) is 0 Å². The van der Waals surface area contributed by atoms with Crippen LogP contribution in [0.15, 0.2) is 82.9 Å². The molecule has 0 fully saturated rings. The smallest absolute Gasteiger partial charge is 0.293 e. The van der Waals surface area contributed by atoms with E-state index in [1.165, 1.54) is 17.6 Å². The van der Waals surface area contributed by atoms with Gasteiger partial charge in [0.05, 0.1) is 30.1 Å². The van der Waals surface area contributed by atoms with Crippen LogP contribution in [0.1, 0.15) is 33.5 Å². The maximum atomic E-state index is 12.7. The van der Waals surface area contributed by atoms with Gasteiger partial charge in [0.15, 0.2) is 10.9 Å². The molecule has 3 aromatic heterocycles. The summed E-state index contributed by atoms with van der Waals surface area (Å²) >= 11 is 1.25. The van der Waals surface area contributed by atoms with Crippen LogP contribution >= 0.6 is 11.3 Å². The lowest BCUT2D eigenvalue weighted by Crippen LogP contribution is -2.31. The quantitative estimate of drug-likeness (QED) is 0.475. The van der Waals surface area contributed by atoms with Gasteiger partial charge < -0.3 is 9.73 Å². The molecule has 150 valence electrons. The summed E-state index contributed by atoms with van der Waals surface area (Å²) < 4.78 is 5.06. The third kappa shape index (κ3) is 4.79. The van der Waals surface area contributed by atoms with Gasteiger partial charge in [-0.15, -0.1) is 11.3 Å². The van der Waals surface area contributed by atoms with E-state index >= 15 is 0 Å². The zero-order valence-electron chi connectivity index (χ0n) is 15.8. The van der Waals surface area contributed by atoms with Crippen molar-refractivity contribution in [2.45, 2.75) is 12.5 Å². The lowest BCUT2D eigenvalue weighted by atomic mass is 10.0. The van der Waals surface area contributed by atoms with E-state index in [1.807, 2.05) is 48.5 Å². The second-order valence-electron chi connectivity index (χ2n) is 6.42. The molecule has 1 unspecified atom stereocenters. The molecule has 1 aromatic carbocycles. The van der Waals surface area contributed by atoms with Crippen LogP contribution in [0.5, 0.6) is 0 Å². The number of benzene rings is 1. The first-order valence-electron chi connectivity index (χ1n) is 9.23. The lowest BCUT2D eigenvalue weighted by Gasteiger charge is -2.18. The molecule has 1 atom stereocenters. The van der Waals surface area contributed by atoms with Crippen molar-refractivity contribution >= 4 is 28.3 Å². The van der Waals surface area contributed by atoms with Gasteiger partial charge in [0.25, 0.3) is 5.91 Å². The summed E-state index contributed by atoms with van der Waals surface area (Å²) in [6, 6.07) is 18.1. The van der Waals surface area contributed by atoms with Gasteiger partial charge in [-0.1, -0.05) is 36.4 Å². The minimum atomic E-state index is -0.385. The van der Waals surface area contributed by atoms with Gasteiger partial charge in [-0.05, 0) is 29.8 Å². The predicted octanol–water partition coefficient (Wildman–Crippen LogP) is 3.83. The first-order valence-corrected chi connectivity index (χ1v) is 10.1. The second kappa shape index (κ2) is 9.15. The fourth-order valence-corrected chi connectivity index (χ4v) is 3.61. The van der Waals surface area contributed by atoms with Gasteiger partial charge in [-0.3, -0.25) is 19.9 Å². The Hall–Kier alpha value is -3.78. The van der Waals surface area contributed by atoms with Crippen molar-refractivity contribution in [2.24, 2.45) is 0 Å². The molecule has 0 radical (unpaired) electrons. The van der Waals surface area contributed by atoms with E-state index in [-0.39, 0.29) is 30.0 Å². The highest BCUT2D eigenvalue weighted by Gasteiger charge is 2.19. The van der Waals surface area contributed by atoms with Crippen molar-refractivity contribution in [2.75, 3.05) is 5.32 Å². The highest BCUT2D eigenvalue weighted by molar-refractivity contribution is 7.14. The topological polar surface area (TPSA) is 97.1 Å². The van der Waals surface area contributed by atoms with Crippen molar-refractivity contribution in [3.05, 3.63) is 101 Å². The molecule has 4 rings (SSSR count). The molecule has 2 N–H and O–H groups in total. The van der Waals surface area contributed by atoms with Crippen LogP contribution < -0.4 is 10.6 Å². The normalized spacial score (nSPS) is 11.6. The molecule has 0 aliphatic rings. The SMILES string of the molecule is O=C(Cc1csc(NC(=O)c2ccco2)n1)NC(c1ccccc1)c1ccccn1. The first kappa shape index (κ1) is 19.5. The van der Waals surface area contributed by atoms with Crippen LogP contribution in [0.2, 0.25) is 0 Å². The minimum Gasteiger partial charge on any atom is -0.459 e. The lowest BCUT2D eigenvalue weighted by molar-refractivity contribution is -0.121. The zero-order valence-corrected chi connectivity index (χ0v) is 16.6. The van der Waals surface area contributed by atoms with Crippen molar-refractivity contribution in [3.63, 3.8) is 0 Å². The van der Waals surface area contributed by atoms with Crippen LogP contribution in [-0.2, 0) is 11.2 Å². The Balaban J connectivity index is 1.43. The van der Waals surface area contributed by atoms with Gasteiger partial charge >= 0.3 is 0 Å². The van der Waals surface area contributed by atoms with E-state index in [4.69, 9.17) is 4.42 Å². The van der Waals surface area contributed by atoms with Crippen molar-refractivity contribution < 1.29 is 14.0 Å². The number of pyridine rings is 1. The molecule has 7 nitrogen and oxygen atoms in total. The standard InChI is InChI=1S/C22H18N4O3S/c27-19(13-16-14-30-22(24-16)26-21(28)18-10-6-12-29-18)25-20(15-7-2-1-3-8-15)17-9-4-5-11-23-17/h1-12,14,20H,13H2,(H,25,27)(H,24,26,28). The number of anilines is 1. The Morgan fingerprint density at radius 1 is 1.03 bits per heavy atom. The number of rotatable bonds is 7. The highest BCUT2D eigenvalue weighted by Crippen LogP contribution is 2.21. The van der Waals surface area contributed by atoms with Crippen LogP contribution in [0.4, 0.5) is 5.13 Å². The zero-order chi connectivity index (χ0) is 20.8. The second-order valence-corrected chi connectivity index (χ2v) is 7.28. The molecular weight excluding hydrogens is 400 g/mol. The van der Waals surface area contributed by atoms with E-state index in [1.54, 1.807) is 23.7 Å². The number of carbonyl (C=O) groups excluding carboxylic acids is 2. The molecule has 0 aliphatic heterocycles. The van der Waals surface area contributed by atoms with Crippen LogP contribution in [0, 0.1) is 0 Å². The molecule has 8 heteroatoms.